The number of hydrogen-bond acceptors (Lipinski definition) is 5. The Balaban J connectivity index is 2.32. The molecule has 2 aromatic rings. The molecule has 0 amide bonds. The van der Waals surface area contributed by atoms with Crippen LogP contribution in [-0.2, 0) is 9.84 Å². The molecule has 0 saturated carbocycles. The fraction of sp³-hybridized carbons (Fsp3) is 0. The Bertz CT molecular complexity index is 946. The lowest BCUT2D eigenvalue weighted by atomic mass is 10.1. The van der Waals surface area contributed by atoms with Gasteiger partial charge in [-0.15, -0.1) is 0 Å². The van der Waals surface area contributed by atoms with Crippen molar-refractivity contribution in [1.82, 2.24) is 0 Å². The fourth-order valence-electron chi connectivity index (χ4n) is 2.17. The van der Waals surface area contributed by atoms with E-state index in [0.29, 0.717) is 11.1 Å². The molecule has 3 rings (SSSR count). The van der Waals surface area contributed by atoms with Gasteiger partial charge in [-0.1, -0.05) is 0 Å². The summed E-state index contributed by atoms with van der Waals surface area (Å²) in [5, 5.41) is 9.08. The van der Waals surface area contributed by atoms with Gasteiger partial charge in [-0.25, -0.2) is 18.5 Å². The van der Waals surface area contributed by atoms with Crippen LogP contribution in [0.4, 0.5) is 0 Å². The topological polar surface area (TPSA) is 88.6 Å². The minimum Gasteiger partial charge on any atom is -0.472 e. The van der Waals surface area contributed by atoms with E-state index in [0.717, 1.165) is 0 Å². The zero-order valence-corrected chi connectivity index (χ0v) is 12.4. The van der Waals surface area contributed by atoms with Crippen LogP contribution in [0.3, 0.4) is 0 Å². The normalized spacial score (nSPS) is 16.0. The van der Waals surface area contributed by atoms with Gasteiger partial charge in [-0.3, -0.25) is 0 Å². The first-order valence-corrected chi connectivity index (χ1v) is 7.81. The molecule has 1 aliphatic rings. The van der Waals surface area contributed by atoms with E-state index in [2.05, 4.69) is 4.85 Å². The van der Waals surface area contributed by atoms with Crippen molar-refractivity contribution in [1.29, 1.82) is 5.26 Å². The minimum atomic E-state index is -3.84. The highest BCUT2D eigenvalue weighted by Gasteiger charge is 2.31. The summed E-state index contributed by atoms with van der Waals surface area (Å²) in [4.78, 5) is 3.08. The molecule has 3 heterocycles. The van der Waals surface area contributed by atoms with Gasteiger partial charge in [0.1, 0.15) is 0 Å². The van der Waals surface area contributed by atoms with Crippen molar-refractivity contribution in [3.8, 4) is 6.07 Å². The smallest absolute Gasteiger partial charge is 0.269 e. The lowest BCUT2D eigenvalue weighted by Crippen LogP contribution is -2.10. The second kappa shape index (κ2) is 5.48. The van der Waals surface area contributed by atoms with Crippen LogP contribution in [0.5, 0.6) is 0 Å². The number of rotatable bonds is 2. The van der Waals surface area contributed by atoms with Crippen molar-refractivity contribution in [3.05, 3.63) is 83.2 Å². The van der Waals surface area contributed by atoms with E-state index in [1.165, 1.54) is 49.3 Å². The Kier molecular flexibility index (Phi) is 3.49. The van der Waals surface area contributed by atoms with E-state index in [1.807, 2.05) is 0 Å². The summed E-state index contributed by atoms with van der Waals surface area (Å²) in [6.07, 6.45) is 7.91. The highest BCUT2D eigenvalue weighted by Crippen LogP contribution is 2.39. The zero-order chi connectivity index (χ0) is 16.4. The maximum absolute atomic E-state index is 12.9. The molecular weight excluding hydrogens is 316 g/mol. The predicted molar refractivity (Wildman–Crippen MR) is 81.5 cm³/mol. The molecule has 6 nitrogen and oxygen atoms in total. The van der Waals surface area contributed by atoms with Crippen LogP contribution >= 0.6 is 0 Å². The molecule has 0 atom stereocenters. The molecule has 2 aromatic heterocycles. The minimum absolute atomic E-state index is 0.0312. The summed E-state index contributed by atoms with van der Waals surface area (Å²) in [6.45, 7) is 7.08. The molecule has 112 valence electrons. The van der Waals surface area contributed by atoms with Crippen LogP contribution in [0.25, 0.3) is 14.7 Å². The van der Waals surface area contributed by atoms with E-state index in [9.17, 15) is 8.42 Å². The number of sulfone groups is 1. The van der Waals surface area contributed by atoms with Crippen LogP contribution in [0, 0.1) is 17.9 Å². The third-order valence-electron chi connectivity index (χ3n) is 3.25. The van der Waals surface area contributed by atoms with Gasteiger partial charge in [-0.05, 0) is 29.9 Å². The summed E-state index contributed by atoms with van der Waals surface area (Å²) in [5.74, 6) is 0. The van der Waals surface area contributed by atoms with Crippen LogP contribution in [-0.4, -0.2) is 8.42 Å². The Morgan fingerprint density at radius 1 is 1.09 bits per heavy atom. The quantitative estimate of drug-likeness (QED) is 0.624. The van der Waals surface area contributed by atoms with Crippen molar-refractivity contribution in [2.45, 2.75) is 0 Å². The number of nitrogens with zero attached hydrogens (tertiary/aromatic N) is 2. The molecule has 1 aliphatic heterocycles. The molecule has 0 unspecified atom stereocenters. The fourth-order valence-corrected chi connectivity index (χ4v) is 3.83. The third-order valence-corrected chi connectivity index (χ3v) is 5.12. The Hall–Kier alpha value is -3.29. The van der Waals surface area contributed by atoms with Crippen LogP contribution in [0.2, 0.25) is 0 Å². The summed E-state index contributed by atoms with van der Waals surface area (Å²) in [5.41, 5.74) is 0.726. The number of allylic oxidation sites excluding steroid dienone is 4. The average Bonchev–Trinajstić information content (AvgIpc) is 3.22. The lowest BCUT2D eigenvalue weighted by Gasteiger charge is -2.16. The molecule has 0 spiro atoms. The molecule has 0 bridgehead atoms. The Labute approximate surface area is 132 Å². The molecule has 0 N–H and O–H groups in total. The average molecular weight is 324 g/mol. The second-order valence-electron chi connectivity index (χ2n) is 4.57. The Morgan fingerprint density at radius 2 is 1.61 bits per heavy atom. The van der Waals surface area contributed by atoms with Crippen molar-refractivity contribution in [3.63, 3.8) is 0 Å². The predicted octanol–water partition coefficient (Wildman–Crippen LogP) is 3.38. The van der Waals surface area contributed by atoms with Gasteiger partial charge in [0.15, 0.2) is 0 Å². The van der Waals surface area contributed by atoms with Gasteiger partial charge < -0.3 is 8.83 Å². The second-order valence-corrected chi connectivity index (χ2v) is 6.46. The molecule has 0 aliphatic carbocycles. The van der Waals surface area contributed by atoms with Gasteiger partial charge in [0.2, 0.25) is 9.84 Å². The van der Waals surface area contributed by atoms with Gasteiger partial charge in [0.25, 0.3) is 5.70 Å². The summed E-state index contributed by atoms with van der Waals surface area (Å²) in [6, 6.07) is 4.78. The highest BCUT2D eigenvalue weighted by atomic mass is 32.2. The van der Waals surface area contributed by atoms with Crippen molar-refractivity contribution in [2.75, 3.05) is 0 Å². The lowest BCUT2D eigenvalue weighted by molar-refractivity contribution is 0.566. The largest absolute Gasteiger partial charge is 0.472 e. The summed E-state index contributed by atoms with van der Waals surface area (Å²) < 4.78 is 35.6. The molecule has 0 fully saturated rings. The maximum atomic E-state index is 12.9. The van der Waals surface area contributed by atoms with E-state index in [-0.39, 0.29) is 21.1 Å². The SMILES string of the molecule is [C-]#[N+]C(C#N)=C1C=C(c2ccoc2)S(=O)(=O)C(c2ccoc2)=C1. The zero-order valence-electron chi connectivity index (χ0n) is 11.6. The molecule has 23 heavy (non-hydrogen) atoms. The number of furan rings is 2. The van der Waals surface area contributed by atoms with Crippen LogP contribution < -0.4 is 0 Å². The van der Waals surface area contributed by atoms with Gasteiger partial charge in [-0.2, -0.15) is 0 Å². The monoisotopic (exact) mass is 324 g/mol. The first kappa shape index (κ1) is 14.6. The summed E-state index contributed by atoms with van der Waals surface area (Å²) >= 11 is 0. The molecule has 0 aromatic carbocycles. The van der Waals surface area contributed by atoms with E-state index < -0.39 is 9.84 Å². The molecular formula is C16H8N2O4S. The van der Waals surface area contributed by atoms with E-state index in [4.69, 9.17) is 20.7 Å². The van der Waals surface area contributed by atoms with Gasteiger partial charge in [0.05, 0.1) is 47.5 Å². The highest BCUT2D eigenvalue weighted by molar-refractivity contribution is 8.09. The third kappa shape index (κ3) is 2.39. The van der Waals surface area contributed by atoms with Gasteiger partial charge >= 0.3 is 0 Å². The van der Waals surface area contributed by atoms with E-state index in [1.54, 1.807) is 6.07 Å². The number of hydrogen-bond donors (Lipinski definition) is 0. The van der Waals surface area contributed by atoms with E-state index >= 15 is 0 Å². The molecule has 0 radical (unpaired) electrons. The van der Waals surface area contributed by atoms with Crippen molar-refractivity contribution in [2.24, 2.45) is 0 Å². The van der Waals surface area contributed by atoms with Crippen molar-refractivity contribution >= 4 is 19.6 Å². The van der Waals surface area contributed by atoms with Gasteiger partial charge in [0, 0.05) is 11.1 Å². The van der Waals surface area contributed by atoms with Crippen LogP contribution in [0.1, 0.15) is 11.1 Å². The molecule has 7 heteroatoms. The first-order valence-electron chi connectivity index (χ1n) is 6.33. The van der Waals surface area contributed by atoms with Crippen LogP contribution in [0.15, 0.2) is 69.4 Å². The molecule has 0 saturated heterocycles. The Morgan fingerprint density at radius 3 is 1.96 bits per heavy atom. The number of nitriles is 1. The first-order chi connectivity index (χ1) is 11.1. The standard InChI is InChI=1S/C16H8N2O4S/c1-18-14(8-17)13-6-15(11-2-4-21-9-11)23(19,20)16(7-13)12-3-5-22-10-12/h2-7,9-10H. The summed E-state index contributed by atoms with van der Waals surface area (Å²) in [7, 11) is -3.84. The maximum Gasteiger partial charge on any atom is 0.269 e. The van der Waals surface area contributed by atoms with Crippen molar-refractivity contribution < 1.29 is 17.3 Å².